The number of carbonyl (C=O) groups excluding carboxylic acids is 1. The van der Waals surface area contributed by atoms with Gasteiger partial charge in [0, 0.05) is 6.42 Å². The maximum Gasteiger partial charge on any atom is 0.306 e. The van der Waals surface area contributed by atoms with Crippen molar-refractivity contribution in [2.75, 3.05) is 0 Å². The molecule has 4 heteroatoms. The summed E-state index contributed by atoms with van der Waals surface area (Å²) in [6.07, 6.45) is 4.76. The van der Waals surface area contributed by atoms with E-state index in [4.69, 9.17) is 10.8 Å². The average molecular weight is 199 g/mol. The van der Waals surface area contributed by atoms with Crippen molar-refractivity contribution in [3.05, 3.63) is 0 Å². The first-order chi connectivity index (χ1) is 6.61. The highest BCUT2D eigenvalue weighted by Crippen LogP contribution is 2.31. The molecule has 1 fully saturated rings. The molecular weight excluding hydrogens is 182 g/mol. The van der Waals surface area contributed by atoms with Crippen molar-refractivity contribution in [3.63, 3.8) is 0 Å². The van der Waals surface area contributed by atoms with Crippen LogP contribution in [0.15, 0.2) is 0 Å². The minimum absolute atomic E-state index is 0.0486. The van der Waals surface area contributed by atoms with E-state index in [-0.39, 0.29) is 24.2 Å². The number of carboxylic acids is 1. The van der Waals surface area contributed by atoms with Gasteiger partial charge in [-0.25, -0.2) is 0 Å². The highest BCUT2D eigenvalue weighted by Gasteiger charge is 2.30. The van der Waals surface area contributed by atoms with E-state index in [9.17, 15) is 9.59 Å². The number of carbonyl (C=O) groups is 2. The Kier molecular flexibility index (Phi) is 3.92. The highest BCUT2D eigenvalue weighted by molar-refractivity contribution is 5.76. The molecule has 0 heterocycles. The largest absolute Gasteiger partial charge is 0.481 e. The van der Waals surface area contributed by atoms with E-state index in [0.717, 1.165) is 25.7 Å². The van der Waals surface area contributed by atoms with Crippen LogP contribution in [0.1, 0.15) is 38.5 Å². The molecule has 0 aliphatic heterocycles. The van der Waals surface area contributed by atoms with E-state index in [1.165, 1.54) is 0 Å². The molecule has 0 unspecified atom stereocenters. The van der Waals surface area contributed by atoms with Gasteiger partial charge in [-0.3, -0.25) is 9.59 Å². The Balaban J connectivity index is 2.63. The minimum atomic E-state index is -0.779. The molecule has 80 valence electrons. The molecule has 14 heavy (non-hydrogen) atoms. The van der Waals surface area contributed by atoms with Gasteiger partial charge in [0.2, 0.25) is 5.91 Å². The summed E-state index contributed by atoms with van der Waals surface area (Å²) in [7, 11) is 0. The van der Waals surface area contributed by atoms with E-state index >= 15 is 0 Å². The van der Waals surface area contributed by atoms with Crippen LogP contribution in [0.2, 0.25) is 0 Å². The molecule has 0 saturated heterocycles. The van der Waals surface area contributed by atoms with Crippen molar-refractivity contribution < 1.29 is 14.7 Å². The smallest absolute Gasteiger partial charge is 0.306 e. The second-order valence-corrected chi connectivity index (χ2v) is 4.01. The average Bonchev–Trinajstić information content (AvgIpc) is 2.28. The van der Waals surface area contributed by atoms with Crippen molar-refractivity contribution in [2.45, 2.75) is 38.5 Å². The van der Waals surface area contributed by atoms with Crippen LogP contribution in [0.5, 0.6) is 0 Å². The zero-order chi connectivity index (χ0) is 10.6. The number of primary amides is 1. The molecule has 1 aliphatic carbocycles. The molecule has 1 aliphatic rings. The van der Waals surface area contributed by atoms with Crippen LogP contribution in [-0.2, 0) is 9.59 Å². The summed E-state index contributed by atoms with van der Waals surface area (Å²) in [5.74, 6) is -1.58. The van der Waals surface area contributed by atoms with Crippen LogP contribution in [0.3, 0.4) is 0 Å². The Bertz CT molecular complexity index is 227. The molecule has 1 saturated carbocycles. The summed E-state index contributed by atoms with van der Waals surface area (Å²) in [4.78, 5) is 21.7. The van der Waals surface area contributed by atoms with Gasteiger partial charge < -0.3 is 10.8 Å². The van der Waals surface area contributed by atoms with Crippen molar-refractivity contribution in [1.29, 1.82) is 0 Å². The van der Waals surface area contributed by atoms with Crippen LogP contribution < -0.4 is 5.73 Å². The van der Waals surface area contributed by atoms with E-state index in [0.29, 0.717) is 6.42 Å². The van der Waals surface area contributed by atoms with Gasteiger partial charge in [0.1, 0.15) is 0 Å². The third kappa shape index (κ3) is 3.01. The maximum atomic E-state index is 10.9. The summed E-state index contributed by atoms with van der Waals surface area (Å²) in [5.41, 5.74) is 5.10. The molecule has 0 aromatic heterocycles. The Morgan fingerprint density at radius 1 is 1.21 bits per heavy atom. The lowest BCUT2D eigenvalue weighted by molar-refractivity contribution is -0.144. The van der Waals surface area contributed by atoms with Crippen LogP contribution >= 0.6 is 0 Å². The second kappa shape index (κ2) is 4.98. The molecule has 1 amide bonds. The van der Waals surface area contributed by atoms with Crippen LogP contribution in [0.4, 0.5) is 0 Å². The zero-order valence-corrected chi connectivity index (χ0v) is 8.24. The summed E-state index contributed by atoms with van der Waals surface area (Å²) >= 11 is 0. The number of aliphatic carboxylic acids is 1. The van der Waals surface area contributed by atoms with E-state index < -0.39 is 5.97 Å². The van der Waals surface area contributed by atoms with Gasteiger partial charge in [-0.1, -0.05) is 19.3 Å². The third-order valence-corrected chi connectivity index (χ3v) is 2.94. The Labute approximate surface area is 83.5 Å². The molecule has 2 atom stereocenters. The topological polar surface area (TPSA) is 80.4 Å². The van der Waals surface area contributed by atoms with Gasteiger partial charge in [-0.15, -0.1) is 0 Å². The van der Waals surface area contributed by atoms with Crippen molar-refractivity contribution in [1.82, 2.24) is 0 Å². The standard InChI is InChI=1S/C10H17NO3/c11-9(12)6-7-4-2-1-3-5-8(7)10(13)14/h7-8H,1-6H2,(H2,11,12)(H,13,14)/t7-,8+/m1/s1. The number of hydrogen-bond acceptors (Lipinski definition) is 2. The minimum Gasteiger partial charge on any atom is -0.481 e. The number of hydrogen-bond donors (Lipinski definition) is 2. The Morgan fingerprint density at radius 3 is 2.43 bits per heavy atom. The summed E-state index contributed by atoms with van der Waals surface area (Å²) in [6.45, 7) is 0. The molecule has 3 N–H and O–H groups in total. The number of nitrogens with two attached hydrogens (primary N) is 1. The van der Waals surface area contributed by atoms with Crippen LogP contribution in [-0.4, -0.2) is 17.0 Å². The molecule has 0 radical (unpaired) electrons. The first-order valence-corrected chi connectivity index (χ1v) is 5.12. The molecular formula is C10H17NO3. The van der Waals surface area contributed by atoms with E-state index in [1.54, 1.807) is 0 Å². The molecule has 0 aromatic carbocycles. The number of carboxylic acid groups (broad SMARTS) is 1. The lowest BCUT2D eigenvalue weighted by atomic mass is 9.85. The number of amides is 1. The normalized spacial score (nSPS) is 28.0. The third-order valence-electron chi connectivity index (χ3n) is 2.94. The van der Waals surface area contributed by atoms with Gasteiger partial charge in [0.25, 0.3) is 0 Å². The molecule has 0 bridgehead atoms. The molecule has 0 aromatic rings. The number of rotatable bonds is 3. The van der Waals surface area contributed by atoms with Crippen molar-refractivity contribution in [3.8, 4) is 0 Å². The van der Waals surface area contributed by atoms with Gasteiger partial charge in [-0.05, 0) is 18.8 Å². The summed E-state index contributed by atoms with van der Waals surface area (Å²) in [5, 5.41) is 8.99. The fraction of sp³-hybridized carbons (Fsp3) is 0.800. The monoisotopic (exact) mass is 199 g/mol. The van der Waals surface area contributed by atoms with Gasteiger partial charge in [-0.2, -0.15) is 0 Å². The fourth-order valence-corrected chi connectivity index (χ4v) is 2.21. The van der Waals surface area contributed by atoms with E-state index in [2.05, 4.69) is 0 Å². The van der Waals surface area contributed by atoms with Crippen LogP contribution in [0.25, 0.3) is 0 Å². The predicted molar refractivity (Wildman–Crippen MR) is 51.5 cm³/mol. The van der Waals surface area contributed by atoms with Gasteiger partial charge in [0.15, 0.2) is 0 Å². The first kappa shape index (κ1) is 11.0. The highest BCUT2D eigenvalue weighted by atomic mass is 16.4. The summed E-state index contributed by atoms with van der Waals surface area (Å²) < 4.78 is 0. The SMILES string of the molecule is NC(=O)C[C@H]1CCCCC[C@@H]1C(=O)O. The van der Waals surface area contributed by atoms with Crippen molar-refractivity contribution in [2.24, 2.45) is 17.6 Å². The fourth-order valence-electron chi connectivity index (χ4n) is 2.21. The van der Waals surface area contributed by atoms with Crippen molar-refractivity contribution >= 4 is 11.9 Å². The quantitative estimate of drug-likeness (QED) is 0.669. The molecule has 0 spiro atoms. The van der Waals surface area contributed by atoms with Crippen LogP contribution in [0, 0.1) is 11.8 Å². The lowest BCUT2D eigenvalue weighted by Crippen LogP contribution is -2.27. The second-order valence-electron chi connectivity index (χ2n) is 4.01. The first-order valence-electron chi connectivity index (χ1n) is 5.12. The van der Waals surface area contributed by atoms with E-state index in [1.807, 2.05) is 0 Å². The predicted octanol–water partition coefficient (Wildman–Crippen LogP) is 1.14. The Hall–Kier alpha value is -1.06. The summed E-state index contributed by atoms with van der Waals surface area (Å²) in [6, 6.07) is 0. The van der Waals surface area contributed by atoms with Gasteiger partial charge >= 0.3 is 5.97 Å². The van der Waals surface area contributed by atoms with Gasteiger partial charge in [0.05, 0.1) is 5.92 Å². The zero-order valence-electron chi connectivity index (χ0n) is 8.24. The maximum absolute atomic E-state index is 10.9. The Morgan fingerprint density at radius 2 is 1.86 bits per heavy atom. The lowest BCUT2D eigenvalue weighted by Gasteiger charge is -2.19. The molecule has 1 rings (SSSR count). The molecule has 4 nitrogen and oxygen atoms in total.